The Morgan fingerprint density at radius 3 is 2.20 bits per heavy atom. The Kier molecular flexibility index (Phi) is 9.33. The highest BCUT2D eigenvalue weighted by Crippen LogP contribution is 2.41. The van der Waals surface area contributed by atoms with Gasteiger partial charge in [0.25, 0.3) is 5.91 Å². The number of benzene rings is 2. The van der Waals surface area contributed by atoms with Gasteiger partial charge in [-0.2, -0.15) is 22.0 Å². The molecule has 0 aromatic heterocycles. The number of amides is 1. The Balaban J connectivity index is 1.90. The van der Waals surface area contributed by atoms with Crippen LogP contribution in [-0.4, -0.2) is 42.0 Å². The first-order valence-corrected chi connectivity index (χ1v) is 12.9. The van der Waals surface area contributed by atoms with Crippen molar-refractivity contribution < 1.29 is 58.5 Å². The quantitative estimate of drug-likeness (QED) is 0.280. The van der Waals surface area contributed by atoms with Gasteiger partial charge < -0.3 is 15.2 Å². The van der Waals surface area contributed by atoms with Crippen LogP contribution in [0.4, 0.5) is 43.9 Å². The minimum absolute atomic E-state index is 0.0342. The summed E-state index contributed by atoms with van der Waals surface area (Å²) in [5.74, 6) is -6.03. The lowest BCUT2D eigenvalue weighted by Gasteiger charge is -2.39. The smallest absolute Gasteiger partial charge is 0.417 e. The van der Waals surface area contributed by atoms with Gasteiger partial charge in [-0.3, -0.25) is 4.79 Å². The number of alkyl halides is 8. The zero-order chi connectivity index (χ0) is 32.4. The molecule has 1 amide bonds. The second-order valence-electron chi connectivity index (χ2n) is 10.1. The number of carbonyl (C=O) groups excluding carboxylic acids is 1. The van der Waals surface area contributed by atoms with Crippen molar-refractivity contribution in [3.05, 3.63) is 113 Å². The average molecular weight is 635 g/mol. The molecule has 0 spiro atoms. The highest BCUT2D eigenvalue weighted by atomic mass is 19.4. The molecule has 14 heteroatoms. The summed E-state index contributed by atoms with van der Waals surface area (Å²) in [7, 11) is 0. The predicted octanol–water partition coefficient (Wildman–Crippen LogP) is 7.52. The topological polar surface area (TPSA) is 58.6 Å². The van der Waals surface area contributed by atoms with Crippen molar-refractivity contribution in [2.75, 3.05) is 0 Å². The van der Waals surface area contributed by atoms with Crippen molar-refractivity contribution in [2.45, 2.75) is 49.4 Å². The molecular formula is C30H23F10NO3. The Morgan fingerprint density at radius 2 is 1.61 bits per heavy atom. The molecule has 2 aromatic carbocycles. The van der Waals surface area contributed by atoms with Gasteiger partial charge >= 0.3 is 18.7 Å². The number of phenols is 1. The Morgan fingerprint density at radius 1 is 0.977 bits per heavy atom. The Hall–Kier alpha value is -4.07. The summed E-state index contributed by atoms with van der Waals surface area (Å²) in [6.45, 7) is 0. The number of allylic oxidation sites excluding steroid dienone is 2. The highest BCUT2D eigenvalue weighted by molar-refractivity contribution is 5.97. The van der Waals surface area contributed by atoms with Crippen molar-refractivity contribution in [1.29, 1.82) is 0 Å². The summed E-state index contributed by atoms with van der Waals surface area (Å²) >= 11 is 0. The molecule has 0 radical (unpaired) electrons. The minimum atomic E-state index is -5.08. The molecule has 4 atom stereocenters. The van der Waals surface area contributed by atoms with E-state index in [9.17, 15) is 53.8 Å². The van der Waals surface area contributed by atoms with E-state index in [1.165, 1.54) is 24.3 Å². The zero-order valence-corrected chi connectivity index (χ0v) is 22.3. The van der Waals surface area contributed by atoms with Crippen molar-refractivity contribution in [1.82, 2.24) is 5.32 Å². The summed E-state index contributed by atoms with van der Waals surface area (Å²) in [4.78, 5) is 13.6. The van der Waals surface area contributed by atoms with E-state index in [0.29, 0.717) is 12.2 Å². The number of nitrogens with one attached hydrogen (secondary N) is 1. The second kappa shape index (κ2) is 12.5. The maximum absolute atomic E-state index is 15.0. The fourth-order valence-corrected chi connectivity index (χ4v) is 4.88. The average Bonchev–Trinajstić information content (AvgIpc) is 2.93. The summed E-state index contributed by atoms with van der Waals surface area (Å²) < 4.78 is 141. The fraction of sp³-hybridized carbons (Fsp3) is 0.300. The monoisotopic (exact) mass is 635 g/mol. The van der Waals surface area contributed by atoms with Crippen LogP contribution in [0.2, 0.25) is 0 Å². The molecule has 0 saturated carbocycles. The van der Waals surface area contributed by atoms with Gasteiger partial charge in [-0.05, 0) is 59.2 Å². The molecule has 3 unspecified atom stereocenters. The van der Waals surface area contributed by atoms with Crippen molar-refractivity contribution in [3.8, 4) is 5.75 Å². The third-order valence-corrected chi connectivity index (χ3v) is 7.00. The zero-order valence-electron chi connectivity index (χ0n) is 22.3. The number of ether oxygens (including phenoxy) is 1. The largest absolute Gasteiger partial charge is 0.508 e. The summed E-state index contributed by atoms with van der Waals surface area (Å²) in [5.41, 5.74) is -2.87. The van der Waals surface area contributed by atoms with Gasteiger partial charge in [-0.1, -0.05) is 36.4 Å². The lowest BCUT2D eigenvalue weighted by atomic mass is 9.75. The number of phenolic OH excluding ortho intramolecular Hbond substituents is 1. The molecule has 4 rings (SSSR count). The van der Waals surface area contributed by atoms with E-state index >= 15 is 0 Å². The second-order valence-corrected chi connectivity index (χ2v) is 10.1. The van der Waals surface area contributed by atoms with Crippen LogP contribution in [0.5, 0.6) is 5.75 Å². The van der Waals surface area contributed by atoms with Gasteiger partial charge in [0.15, 0.2) is 0 Å². The first-order chi connectivity index (χ1) is 20.5. The first kappa shape index (κ1) is 32.8. The number of carbonyl (C=O) groups is 1. The van der Waals surface area contributed by atoms with E-state index in [1.807, 2.05) is 0 Å². The van der Waals surface area contributed by atoms with E-state index in [2.05, 4.69) is 10.1 Å². The number of aromatic hydroxyl groups is 1. The van der Waals surface area contributed by atoms with Gasteiger partial charge in [-0.15, -0.1) is 0 Å². The molecule has 0 heterocycles. The molecule has 2 aliphatic carbocycles. The Labute approximate surface area is 244 Å². The summed E-state index contributed by atoms with van der Waals surface area (Å²) in [5, 5.41) is 12.2. The lowest BCUT2D eigenvalue weighted by molar-refractivity contribution is -0.312. The molecule has 2 N–H and O–H groups in total. The van der Waals surface area contributed by atoms with E-state index in [1.54, 1.807) is 0 Å². The predicted molar refractivity (Wildman–Crippen MR) is 137 cm³/mol. The molecule has 0 saturated heterocycles. The van der Waals surface area contributed by atoms with Gasteiger partial charge in [0.2, 0.25) is 0 Å². The fourth-order valence-electron chi connectivity index (χ4n) is 4.88. The maximum Gasteiger partial charge on any atom is 0.417 e. The molecular weight excluding hydrogens is 612 g/mol. The van der Waals surface area contributed by atoms with E-state index in [4.69, 9.17) is 0 Å². The molecule has 0 bridgehead atoms. The van der Waals surface area contributed by atoms with Crippen LogP contribution in [0.1, 0.15) is 17.5 Å². The van der Waals surface area contributed by atoms with Crippen LogP contribution in [0.15, 0.2) is 95.9 Å². The minimum Gasteiger partial charge on any atom is -0.508 e. The molecule has 4 nitrogen and oxygen atoms in total. The molecule has 2 aromatic rings. The molecule has 0 fully saturated rings. The Bertz CT molecular complexity index is 1480. The van der Waals surface area contributed by atoms with Crippen LogP contribution < -0.4 is 5.32 Å². The lowest BCUT2D eigenvalue weighted by Crippen LogP contribution is -2.50. The highest BCUT2D eigenvalue weighted by Gasteiger charge is 2.47. The van der Waals surface area contributed by atoms with Gasteiger partial charge in [-0.25, -0.2) is 22.0 Å². The number of halogens is 10. The standard InChI is InChI=1S/C30H23F10NO3/c31-20-6-4-18(5-7-20)28(15-16-1-8-22(42)9-2-16,19-12-21(32)14-23(13-19)44-30(39,40)27(34)35)41-26(43)17-3-10-25(33)24(11-17)29(36,37)38/h1-13,23-25,27,42H,14-15H2,(H,41,43)/t23?,24?,25?,28-/m1/s1. The molecule has 0 aliphatic heterocycles. The summed E-state index contributed by atoms with van der Waals surface area (Å²) in [6.07, 6.45) is -16.9. The number of hydrogen-bond acceptors (Lipinski definition) is 3. The summed E-state index contributed by atoms with van der Waals surface area (Å²) in [6, 6.07) is 9.30. The van der Waals surface area contributed by atoms with Crippen LogP contribution in [0.25, 0.3) is 0 Å². The molecule has 2 aliphatic rings. The van der Waals surface area contributed by atoms with Gasteiger partial charge in [0, 0.05) is 18.4 Å². The third-order valence-electron chi connectivity index (χ3n) is 7.00. The van der Waals surface area contributed by atoms with Crippen LogP contribution in [0.3, 0.4) is 0 Å². The number of hydrogen-bond donors (Lipinski definition) is 2. The number of rotatable bonds is 9. The SMILES string of the molecule is O=C(N[C@@](Cc1ccc(O)cc1)(C1=CC(OC(F)(F)C(F)F)CC(F)=C1)c1ccc(F)cc1)C1=CC(C(F)(F)F)C(F)C=C1. The molecule has 44 heavy (non-hydrogen) atoms. The molecule has 236 valence electrons. The van der Waals surface area contributed by atoms with Gasteiger partial charge in [0.1, 0.15) is 29.5 Å². The van der Waals surface area contributed by atoms with E-state index in [-0.39, 0.29) is 22.4 Å². The third kappa shape index (κ3) is 7.34. The van der Waals surface area contributed by atoms with Crippen LogP contribution >= 0.6 is 0 Å². The van der Waals surface area contributed by atoms with Crippen LogP contribution in [0, 0.1) is 11.7 Å². The van der Waals surface area contributed by atoms with Gasteiger partial charge in [0.05, 0.1) is 11.6 Å². The maximum atomic E-state index is 15.0. The van der Waals surface area contributed by atoms with Crippen LogP contribution in [-0.2, 0) is 21.5 Å². The first-order valence-electron chi connectivity index (χ1n) is 12.9. The van der Waals surface area contributed by atoms with Crippen molar-refractivity contribution >= 4 is 5.91 Å². The van der Waals surface area contributed by atoms with Crippen molar-refractivity contribution in [2.24, 2.45) is 5.92 Å². The van der Waals surface area contributed by atoms with E-state index < -0.39 is 78.4 Å². The van der Waals surface area contributed by atoms with Crippen molar-refractivity contribution in [3.63, 3.8) is 0 Å². The van der Waals surface area contributed by atoms with E-state index in [0.717, 1.165) is 42.5 Å². The normalized spacial score (nSPS) is 22.2.